The molecule has 1 aliphatic rings. The third-order valence-corrected chi connectivity index (χ3v) is 3.76. The molecule has 8 heteroatoms. The average Bonchev–Trinajstić information content (AvgIpc) is 2.54. The highest BCUT2D eigenvalue weighted by molar-refractivity contribution is 5.95. The number of carbonyl (C=O) groups excluding carboxylic acids is 2. The first-order valence-corrected chi connectivity index (χ1v) is 7.02. The van der Waals surface area contributed by atoms with Gasteiger partial charge >= 0.3 is 12.0 Å². The highest BCUT2D eigenvalue weighted by Crippen LogP contribution is 2.31. The Kier molecular flexibility index (Phi) is 4.63. The molecule has 0 spiro atoms. The normalized spacial score (nSPS) is 17.8. The molecular weight excluding hydrogens is 302 g/mol. The third-order valence-electron chi connectivity index (χ3n) is 3.76. The van der Waals surface area contributed by atoms with E-state index in [1.807, 2.05) is 0 Å². The zero-order valence-electron chi connectivity index (χ0n) is 13.0. The van der Waals surface area contributed by atoms with E-state index in [0.29, 0.717) is 23.4 Å². The number of urea groups is 1. The van der Waals surface area contributed by atoms with Crippen LogP contribution in [-0.2, 0) is 9.53 Å². The van der Waals surface area contributed by atoms with E-state index in [4.69, 9.17) is 4.74 Å². The van der Waals surface area contributed by atoms with Crippen LogP contribution in [0.1, 0.15) is 25.5 Å². The quantitative estimate of drug-likeness (QED) is 0.520. The number of benzene rings is 1. The van der Waals surface area contributed by atoms with Crippen LogP contribution in [0.2, 0.25) is 0 Å². The van der Waals surface area contributed by atoms with E-state index in [1.165, 1.54) is 36.3 Å². The fourth-order valence-corrected chi connectivity index (χ4v) is 2.57. The maximum Gasteiger partial charge on any atom is 0.337 e. The SMILES string of the molecule is CCN1C(=O)N[C@H](c2ccc([N+](=O)[O-])cc2)C(C(=O)OC)=C1C. The van der Waals surface area contributed by atoms with Gasteiger partial charge in [0.15, 0.2) is 0 Å². The number of methoxy groups -OCH3 is 1. The Morgan fingerprint density at radius 1 is 1.39 bits per heavy atom. The number of non-ortho nitro benzene ring substituents is 1. The fraction of sp³-hybridized carbons (Fsp3) is 0.333. The summed E-state index contributed by atoms with van der Waals surface area (Å²) in [5.41, 5.74) is 1.32. The molecule has 23 heavy (non-hydrogen) atoms. The maximum atomic E-state index is 12.2. The Hall–Kier alpha value is -2.90. The summed E-state index contributed by atoms with van der Waals surface area (Å²) >= 11 is 0. The van der Waals surface area contributed by atoms with Crippen LogP contribution >= 0.6 is 0 Å². The van der Waals surface area contributed by atoms with Gasteiger partial charge in [-0.2, -0.15) is 0 Å². The standard InChI is InChI=1S/C15H17N3O5/c1-4-17-9(2)12(14(19)23-3)13(16-15(17)20)10-5-7-11(8-6-10)18(21)22/h5-8,13H,4H2,1-3H3,(H,16,20)/t13-/m1/s1. The van der Waals surface area contributed by atoms with Crippen LogP contribution in [-0.4, -0.2) is 35.5 Å². The molecule has 2 rings (SSSR count). The summed E-state index contributed by atoms with van der Waals surface area (Å²) in [7, 11) is 1.27. The van der Waals surface area contributed by atoms with Crippen LogP contribution in [0.5, 0.6) is 0 Å². The van der Waals surface area contributed by atoms with E-state index in [9.17, 15) is 19.7 Å². The molecule has 0 aliphatic carbocycles. The minimum absolute atomic E-state index is 0.0635. The number of nitro groups is 1. The lowest BCUT2D eigenvalue weighted by molar-refractivity contribution is -0.384. The van der Waals surface area contributed by atoms with Gasteiger partial charge in [0, 0.05) is 24.4 Å². The molecule has 1 aliphatic heterocycles. The summed E-state index contributed by atoms with van der Waals surface area (Å²) in [5.74, 6) is -0.552. The molecule has 0 aromatic heterocycles. The number of ether oxygens (including phenoxy) is 1. The van der Waals surface area contributed by atoms with Gasteiger partial charge in [0.25, 0.3) is 5.69 Å². The molecule has 0 radical (unpaired) electrons. The van der Waals surface area contributed by atoms with Gasteiger partial charge < -0.3 is 10.1 Å². The summed E-state index contributed by atoms with van der Waals surface area (Å²) in [6.45, 7) is 3.88. The van der Waals surface area contributed by atoms with E-state index in [2.05, 4.69) is 5.32 Å². The van der Waals surface area contributed by atoms with Gasteiger partial charge in [0.05, 0.1) is 23.6 Å². The van der Waals surface area contributed by atoms with Crippen molar-refractivity contribution in [1.82, 2.24) is 10.2 Å². The topological polar surface area (TPSA) is 102 Å². The van der Waals surface area contributed by atoms with Crippen LogP contribution in [0.25, 0.3) is 0 Å². The van der Waals surface area contributed by atoms with Gasteiger partial charge in [-0.05, 0) is 31.5 Å². The van der Waals surface area contributed by atoms with Crippen LogP contribution in [0.4, 0.5) is 10.5 Å². The number of esters is 1. The second-order valence-corrected chi connectivity index (χ2v) is 4.97. The molecule has 1 atom stereocenters. The van der Waals surface area contributed by atoms with Gasteiger partial charge in [-0.3, -0.25) is 15.0 Å². The van der Waals surface area contributed by atoms with Crippen molar-refractivity contribution in [3.05, 3.63) is 51.2 Å². The van der Waals surface area contributed by atoms with Crippen molar-refractivity contribution in [2.45, 2.75) is 19.9 Å². The van der Waals surface area contributed by atoms with Crippen molar-refractivity contribution in [2.24, 2.45) is 0 Å². The number of carbonyl (C=O) groups is 2. The minimum atomic E-state index is -0.710. The lowest BCUT2D eigenvalue weighted by atomic mass is 9.95. The largest absolute Gasteiger partial charge is 0.466 e. The number of allylic oxidation sites excluding steroid dienone is 1. The molecule has 1 aromatic rings. The van der Waals surface area contributed by atoms with Crippen molar-refractivity contribution >= 4 is 17.7 Å². The van der Waals surface area contributed by atoms with Gasteiger partial charge in [0.2, 0.25) is 0 Å². The molecule has 0 bridgehead atoms. The molecular formula is C15H17N3O5. The molecule has 2 amide bonds. The monoisotopic (exact) mass is 319 g/mol. The smallest absolute Gasteiger partial charge is 0.337 e. The molecule has 0 saturated heterocycles. The van der Waals surface area contributed by atoms with Crippen molar-refractivity contribution < 1.29 is 19.2 Å². The Morgan fingerprint density at radius 2 is 2.00 bits per heavy atom. The first-order chi connectivity index (χ1) is 10.9. The molecule has 1 heterocycles. The van der Waals surface area contributed by atoms with Crippen molar-refractivity contribution in [3.8, 4) is 0 Å². The first-order valence-electron chi connectivity index (χ1n) is 7.02. The predicted molar refractivity (Wildman–Crippen MR) is 81.5 cm³/mol. The van der Waals surface area contributed by atoms with Crippen LogP contribution in [0.15, 0.2) is 35.5 Å². The summed E-state index contributed by atoms with van der Waals surface area (Å²) in [6.07, 6.45) is 0. The molecule has 0 saturated carbocycles. The summed E-state index contributed by atoms with van der Waals surface area (Å²) in [6, 6.07) is 4.65. The molecule has 1 N–H and O–H groups in total. The van der Waals surface area contributed by atoms with Crippen molar-refractivity contribution in [3.63, 3.8) is 0 Å². The lowest BCUT2D eigenvalue weighted by Crippen LogP contribution is -2.47. The maximum absolute atomic E-state index is 12.2. The molecule has 8 nitrogen and oxygen atoms in total. The van der Waals surface area contributed by atoms with Crippen LogP contribution in [0, 0.1) is 10.1 Å². The number of nitro benzene ring substituents is 1. The highest BCUT2D eigenvalue weighted by atomic mass is 16.6. The van der Waals surface area contributed by atoms with Crippen molar-refractivity contribution in [2.75, 3.05) is 13.7 Å². The minimum Gasteiger partial charge on any atom is -0.466 e. The fourth-order valence-electron chi connectivity index (χ4n) is 2.57. The number of nitrogens with one attached hydrogen (secondary N) is 1. The molecule has 0 fully saturated rings. The molecule has 1 aromatic carbocycles. The van der Waals surface area contributed by atoms with Crippen LogP contribution < -0.4 is 5.32 Å². The van der Waals surface area contributed by atoms with E-state index in [-0.39, 0.29) is 11.7 Å². The summed E-state index contributed by atoms with van der Waals surface area (Å²) < 4.78 is 4.82. The Bertz CT molecular complexity index is 681. The Labute approximate surface area is 132 Å². The van der Waals surface area contributed by atoms with Crippen LogP contribution in [0.3, 0.4) is 0 Å². The lowest BCUT2D eigenvalue weighted by Gasteiger charge is -2.34. The number of hydrogen-bond acceptors (Lipinski definition) is 5. The number of hydrogen-bond donors (Lipinski definition) is 1. The van der Waals surface area contributed by atoms with E-state index < -0.39 is 16.9 Å². The van der Waals surface area contributed by atoms with E-state index in [0.717, 1.165) is 0 Å². The van der Waals surface area contributed by atoms with Gasteiger partial charge in [-0.25, -0.2) is 9.59 Å². The van der Waals surface area contributed by atoms with E-state index >= 15 is 0 Å². The third kappa shape index (κ3) is 3.01. The number of rotatable bonds is 4. The zero-order chi connectivity index (χ0) is 17.1. The molecule has 0 unspecified atom stereocenters. The number of amides is 2. The zero-order valence-corrected chi connectivity index (χ0v) is 13.0. The van der Waals surface area contributed by atoms with Crippen molar-refractivity contribution in [1.29, 1.82) is 0 Å². The highest BCUT2D eigenvalue weighted by Gasteiger charge is 2.35. The van der Waals surface area contributed by atoms with Gasteiger partial charge in [0.1, 0.15) is 0 Å². The number of nitrogens with zero attached hydrogens (tertiary/aromatic N) is 2. The predicted octanol–water partition coefficient (Wildman–Crippen LogP) is 2.13. The second-order valence-electron chi connectivity index (χ2n) is 4.97. The second kappa shape index (κ2) is 6.47. The Balaban J connectivity index is 2.50. The van der Waals surface area contributed by atoms with Gasteiger partial charge in [-0.1, -0.05) is 0 Å². The molecule has 122 valence electrons. The summed E-state index contributed by atoms with van der Waals surface area (Å²) in [5, 5.41) is 13.5. The first kappa shape index (κ1) is 16.5. The van der Waals surface area contributed by atoms with E-state index in [1.54, 1.807) is 13.8 Å². The average molecular weight is 319 g/mol. The Morgan fingerprint density at radius 3 is 2.48 bits per heavy atom. The van der Waals surface area contributed by atoms with Gasteiger partial charge in [-0.15, -0.1) is 0 Å². The summed E-state index contributed by atoms with van der Waals surface area (Å²) in [4.78, 5) is 36.0.